The van der Waals surface area contributed by atoms with E-state index < -0.39 is 5.97 Å². The van der Waals surface area contributed by atoms with Crippen molar-refractivity contribution in [1.82, 2.24) is 5.32 Å². The van der Waals surface area contributed by atoms with Crippen molar-refractivity contribution in [2.24, 2.45) is 0 Å². The Morgan fingerprint density at radius 2 is 2.05 bits per heavy atom. The highest BCUT2D eigenvalue weighted by Gasteiger charge is 2.22. The van der Waals surface area contributed by atoms with Gasteiger partial charge in [-0.15, -0.1) is 0 Å². The lowest BCUT2D eigenvalue weighted by Gasteiger charge is -2.17. The third kappa shape index (κ3) is 3.20. The van der Waals surface area contributed by atoms with Crippen LogP contribution in [0, 0.1) is 0 Å². The zero-order chi connectivity index (χ0) is 15.4. The molecule has 0 saturated heterocycles. The Bertz CT molecular complexity index is 638. The Kier molecular flexibility index (Phi) is 4.88. The Hall–Kier alpha value is -1.98. The van der Waals surface area contributed by atoms with Crippen LogP contribution in [0.3, 0.4) is 0 Å². The number of carbonyl (C=O) groups is 1. The average molecular weight is 310 g/mol. The van der Waals surface area contributed by atoms with Gasteiger partial charge in [-0.05, 0) is 37.4 Å². The molecule has 1 aromatic carbocycles. The summed E-state index contributed by atoms with van der Waals surface area (Å²) < 4.78 is 15.5. The number of nitrogens with one attached hydrogen (secondary N) is 1. The van der Waals surface area contributed by atoms with Gasteiger partial charge in [-0.3, -0.25) is 0 Å². The smallest absolute Gasteiger partial charge is 0.373 e. The molecule has 0 spiro atoms. The Morgan fingerprint density at radius 3 is 2.67 bits per heavy atom. The molecule has 6 heteroatoms. The monoisotopic (exact) mass is 309 g/mol. The van der Waals surface area contributed by atoms with Crippen LogP contribution in [0.4, 0.5) is 0 Å². The summed E-state index contributed by atoms with van der Waals surface area (Å²) in [7, 11) is 4.67. The van der Waals surface area contributed by atoms with E-state index in [-0.39, 0.29) is 11.8 Å². The molecular formula is C15H16ClNO4. The van der Waals surface area contributed by atoms with E-state index in [9.17, 15) is 4.79 Å². The van der Waals surface area contributed by atoms with Crippen LogP contribution >= 0.6 is 11.6 Å². The summed E-state index contributed by atoms with van der Waals surface area (Å²) in [6.07, 6.45) is 0. The standard InChI is InChI=1S/C15H16ClNO4/c1-17-14(10-8-9(16)4-5-11(10)19-2)12-6-7-13(21-12)15(18)20-3/h4-8,14,17H,1-3H3. The predicted molar refractivity (Wildman–Crippen MR) is 79.0 cm³/mol. The number of hydrogen-bond donors (Lipinski definition) is 1. The molecule has 1 N–H and O–H groups in total. The fraction of sp³-hybridized carbons (Fsp3) is 0.267. The first-order valence-corrected chi connectivity index (χ1v) is 6.67. The normalized spacial score (nSPS) is 12.0. The molecule has 0 bridgehead atoms. The summed E-state index contributed by atoms with van der Waals surface area (Å²) in [6.45, 7) is 0. The minimum atomic E-state index is -0.519. The zero-order valence-electron chi connectivity index (χ0n) is 12.0. The fourth-order valence-corrected chi connectivity index (χ4v) is 2.28. The lowest BCUT2D eigenvalue weighted by atomic mass is 10.0. The minimum absolute atomic E-state index is 0.147. The first-order chi connectivity index (χ1) is 10.1. The quantitative estimate of drug-likeness (QED) is 0.860. The van der Waals surface area contributed by atoms with E-state index in [1.807, 2.05) is 0 Å². The van der Waals surface area contributed by atoms with Crippen LogP contribution in [0.25, 0.3) is 0 Å². The molecule has 0 amide bonds. The summed E-state index contributed by atoms with van der Waals surface area (Å²) in [5.41, 5.74) is 0.818. The van der Waals surface area contributed by atoms with Gasteiger partial charge in [-0.25, -0.2) is 4.79 Å². The predicted octanol–water partition coefficient (Wildman–Crippen LogP) is 3.04. The van der Waals surface area contributed by atoms with Crippen molar-refractivity contribution in [3.8, 4) is 5.75 Å². The number of carbonyl (C=O) groups excluding carboxylic acids is 1. The molecule has 2 rings (SSSR count). The highest BCUT2D eigenvalue weighted by atomic mass is 35.5. The van der Waals surface area contributed by atoms with Crippen LogP contribution in [-0.4, -0.2) is 27.2 Å². The molecule has 0 radical (unpaired) electrons. The summed E-state index contributed by atoms with van der Waals surface area (Å²) in [6, 6.07) is 8.32. The van der Waals surface area contributed by atoms with Crippen molar-refractivity contribution in [1.29, 1.82) is 0 Å². The van der Waals surface area contributed by atoms with Gasteiger partial charge in [0.05, 0.1) is 20.3 Å². The maximum Gasteiger partial charge on any atom is 0.373 e. The lowest BCUT2D eigenvalue weighted by Crippen LogP contribution is -2.18. The maximum absolute atomic E-state index is 11.5. The average Bonchev–Trinajstić information content (AvgIpc) is 2.97. The molecule has 0 saturated carbocycles. The molecule has 1 atom stereocenters. The minimum Gasteiger partial charge on any atom is -0.496 e. The number of hydrogen-bond acceptors (Lipinski definition) is 5. The summed E-state index contributed by atoms with van der Waals surface area (Å²) in [5.74, 6) is 0.871. The molecule has 0 aliphatic rings. The summed E-state index contributed by atoms with van der Waals surface area (Å²) >= 11 is 6.05. The van der Waals surface area contributed by atoms with Crippen molar-refractivity contribution < 1.29 is 18.7 Å². The van der Waals surface area contributed by atoms with E-state index in [0.29, 0.717) is 16.5 Å². The number of furan rings is 1. The van der Waals surface area contributed by atoms with Crippen molar-refractivity contribution in [2.45, 2.75) is 6.04 Å². The molecule has 21 heavy (non-hydrogen) atoms. The molecule has 1 heterocycles. The molecule has 1 aromatic heterocycles. The van der Waals surface area contributed by atoms with Crippen LogP contribution in [0.15, 0.2) is 34.7 Å². The second-order valence-corrected chi connectivity index (χ2v) is 4.74. The van der Waals surface area contributed by atoms with Gasteiger partial charge in [0.1, 0.15) is 11.5 Å². The second-order valence-electron chi connectivity index (χ2n) is 4.30. The van der Waals surface area contributed by atoms with Gasteiger partial charge >= 0.3 is 5.97 Å². The highest BCUT2D eigenvalue weighted by molar-refractivity contribution is 6.30. The number of rotatable bonds is 5. The molecule has 0 fully saturated rings. The second kappa shape index (κ2) is 6.65. The van der Waals surface area contributed by atoms with Crippen LogP contribution in [0.5, 0.6) is 5.75 Å². The SMILES string of the molecule is CNC(c1ccc(C(=O)OC)o1)c1cc(Cl)ccc1OC. The molecule has 0 aliphatic carbocycles. The van der Waals surface area contributed by atoms with Gasteiger partial charge in [0.2, 0.25) is 5.76 Å². The van der Waals surface area contributed by atoms with E-state index in [1.165, 1.54) is 7.11 Å². The van der Waals surface area contributed by atoms with Gasteiger partial charge in [0.25, 0.3) is 0 Å². The van der Waals surface area contributed by atoms with E-state index in [2.05, 4.69) is 10.1 Å². The summed E-state index contributed by atoms with van der Waals surface area (Å²) in [5, 5.41) is 3.71. The largest absolute Gasteiger partial charge is 0.496 e. The van der Waals surface area contributed by atoms with Gasteiger partial charge in [0.15, 0.2) is 0 Å². The first-order valence-electron chi connectivity index (χ1n) is 6.29. The zero-order valence-corrected chi connectivity index (χ0v) is 12.7. The number of ether oxygens (including phenoxy) is 2. The number of benzene rings is 1. The van der Waals surface area contributed by atoms with E-state index in [1.54, 1.807) is 44.5 Å². The third-order valence-corrected chi connectivity index (χ3v) is 3.32. The van der Waals surface area contributed by atoms with E-state index in [4.69, 9.17) is 20.8 Å². The molecular weight excluding hydrogens is 294 g/mol. The third-order valence-electron chi connectivity index (χ3n) is 3.09. The first kappa shape index (κ1) is 15.4. The molecule has 112 valence electrons. The Morgan fingerprint density at radius 1 is 1.29 bits per heavy atom. The number of esters is 1. The van der Waals surface area contributed by atoms with Crippen molar-refractivity contribution in [2.75, 3.05) is 21.3 Å². The van der Waals surface area contributed by atoms with Crippen molar-refractivity contribution >= 4 is 17.6 Å². The van der Waals surface area contributed by atoms with Crippen LogP contribution in [0.2, 0.25) is 5.02 Å². The number of halogens is 1. The van der Waals surface area contributed by atoms with Crippen LogP contribution < -0.4 is 10.1 Å². The van der Waals surface area contributed by atoms with Gasteiger partial charge in [-0.1, -0.05) is 11.6 Å². The van der Waals surface area contributed by atoms with Gasteiger partial charge < -0.3 is 19.2 Å². The fourth-order valence-electron chi connectivity index (χ4n) is 2.10. The topological polar surface area (TPSA) is 60.7 Å². The van der Waals surface area contributed by atoms with Crippen molar-refractivity contribution in [3.63, 3.8) is 0 Å². The maximum atomic E-state index is 11.5. The highest BCUT2D eigenvalue weighted by Crippen LogP contribution is 2.33. The molecule has 5 nitrogen and oxygen atoms in total. The Labute approximate surface area is 127 Å². The molecule has 1 unspecified atom stereocenters. The lowest BCUT2D eigenvalue weighted by molar-refractivity contribution is 0.0562. The van der Waals surface area contributed by atoms with Gasteiger partial charge in [-0.2, -0.15) is 0 Å². The molecule has 0 aliphatic heterocycles. The van der Waals surface area contributed by atoms with Crippen molar-refractivity contribution in [3.05, 3.63) is 52.4 Å². The Balaban J connectivity index is 2.42. The van der Waals surface area contributed by atoms with Gasteiger partial charge in [0, 0.05) is 10.6 Å². The van der Waals surface area contributed by atoms with E-state index >= 15 is 0 Å². The van der Waals surface area contributed by atoms with E-state index in [0.717, 1.165) is 5.56 Å². The number of methoxy groups -OCH3 is 2. The van der Waals surface area contributed by atoms with Crippen LogP contribution in [0.1, 0.15) is 27.9 Å². The molecule has 2 aromatic rings. The van der Waals surface area contributed by atoms with Crippen LogP contribution in [-0.2, 0) is 4.74 Å². The summed E-state index contributed by atoms with van der Waals surface area (Å²) in [4.78, 5) is 11.5.